The molecule has 0 atom stereocenters. The molecule has 1 heterocycles. The number of nitrogens with zero attached hydrogens (tertiary/aromatic N) is 3. The van der Waals surface area contributed by atoms with Gasteiger partial charge in [0, 0.05) is 25.6 Å². The van der Waals surface area contributed by atoms with Crippen LogP contribution in [0.25, 0.3) is 0 Å². The summed E-state index contributed by atoms with van der Waals surface area (Å²) in [7, 11) is 0. The first-order valence-corrected chi connectivity index (χ1v) is 7.37. The molecule has 0 aliphatic rings. The Morgan fingerprint density at radius 1 is 1.06 bits per heavy atom. The zero-order chi connectivity index (χ0) is 13.4. The van der Waals surface area contributed by atoms with E-state index >= 15 is 0 Å². The van der Waals surface area contributed by atoms with E-state index in [9.17, 15) is 0 Å². The zero-order valence-corrected chi connectivity index (χ0v) is 12.5. The lowest BCUT2D eigenvalue weighted by Crippen LogP contribution is -2.27. The van der Waals surface area contributed by atoms with Gasteiger partial charge >= 0.3 is 0 Å². The molecule has 0 saturated heterocycles. The molecule has 1 aromatic rings. The van der Waals surface area contributed by atoms with E-state index in [0.717, 1.165) is 31.2 Å². The van der Waals surface area contributed by atoms with Crippen LogP contribution in [0.1, 0.15) is 52.3 Å². The van der Waals surface area contributed by atoms with E-state index in [-0.39, 0.29) is 0 Å². The fraction of sp³-hybridized carbons (Fsp3) is 0.714. The van der Waals surface area contributed by atoms with Gasteiger partial charge in [0.25, 0.3) is 0 Å². The lowest BCUT2D eigenvalue weighted by Gasteiger charge is -2.23. The van der Waals surface area contributed by atoms with Gasteiger partial charge in [-0.1, -0.05) is 45.2 Å². The number of halogens is 1. The van der Waals surface area contributed by atoms with Crippen molar-refractivity contribution in [2.45, 2.75) is 52.9 Å². The van der Waals surface area contributed by atoms with Crippen molar-refractivity contribution in [3.8, 4) is 0 Å². The summed E-state index contributed by atoms with van der Waals surface area (Å²) in [4.78, 5) is 11.1. The van der Waals surface area contributed by atoms with Crippen molar-refractivity contribution in [2.24, 2.45) is 0 Å². The van der Waals surface area contributed by atoms with Gasteiger partial charge < -0.3 is 4.90 Å². The van der Waals surface area contributed by atoms with E-state index in [1.165, 1.54) is 25.7 Å². The van der Waals surface area contributed by atoms with E-state index in [1.54, 1.807) is 0 Å². The van der Waals surface area contributed by atoms with Crippen molar-refractivity contribution >= 4 is 17.4 Å². The number of aryl methyl sites for hydroxylation is 1. The van der Waals surface area contributed by atoms with Gasteiger partial charge in [0.2, 0.25) is 0 Å². The van der Waals surface area contributed by atoms with Crippen LogP contribution in [0.2, 0.25) is 5.15 Å². The quantitative estimate of drug-likeness (QED) is 0.666. The van der Waals surface area contributed by atoms with Crippen LogP contribution in [0.4, 0.5) is 5.82 Å². The number of unbranched alkanes of at least 4 members (excludes halogenated alkanes) is 2. The topological polar surface area (TPSA) is 29.0 Å². The molecule has 3 nitrogen and oxygen atoms in total. The Hall–Kier alpha value is -0.830. The van der Waals surface area contributed by atoms with E-state index in [1.807, 2.05) is 6.07 Å². The minimum Gasteiger partial charge on any atom is -0.356 e. The highest BCUT2D eigenvalue weighted by Crippen LogP contribution is 2.17. The standard InChI is InChI=1S/C14H24ClN3/c1-4-7-9-18(10-8-5-2)14-11-12(15)16-13(6-3)17-14/h11H,4-10H2,1-3H3. The molecule has 1 rings (SSSR count). The number of hydrogen-bond donors (Lipinski definition) is 0. The molecule has 0 radical (unpaired) electrons. The monoisotopic (exact) mass is 269 g/mol. The molecule has 0 amide bonds. The van der Waals surface area contributed by atoms with Crippen LogP contribution < -0.4 is 4.90 Å². The molecule has 1 aromatic heterocycles. The van der Waals surface area contributed by atoms with Crippen LogP contribution in [0.15, 0.2) is 6.07 Å². The molecule has 4 heteroatoms. The summed E-state index contributed by atoms with van der Waals surface area (Å²) in [5.74, 6) is 1.81. The minimum absolute atomic E-state index is 0.551. The van der Waals surface area contributed by atoms with E-state index in [2.05, 4.69) is 35.6 Å². The molecule has 0 fully saturated rings. The Labute approximate surface area is 116 Å². The largest absolute Gasteiger partial charge is 0.356 e. The SMILES string of the molecule is CCCCN(CCCC)c1cc(Cl)nc(CC)n1. The van der Waals surface area contributed by atoms with Crippen molar-refractivity contribution in [3.63, 3.8) is 0 Å². The molecule has 18 heavy (non-hydrogen) atoms. The fourth-order valence-corrected chi connectivity index (χ4v) is 2.01. The smallest absolute Gasteiger partial charge is 0.134 e. The predicted octanol–water partition coefficient (Wildman–Crippen LogP) is 4.10. The van der Waals surface area contributed by atoms with Crippen molar-refractivity contribution < 1.29 is 0 Å². The molecular formula is C14H24ClN3. The summed E-state index contributed by atoms with van der Waals surface area (Å²) in [6, 6.07) is 1.88. The highest BCUT2D eigenvalue weighted by atomic mass is 35.5. The van der Waals surface area contributed by atoms with Gasteiger partial charge in [-0.15, -0.1) is 0 Å². The molecule has 0 N–H and O–H groups in total. The Bertz CT molecular complexity index is 347. The molecule has 0 aromatic carbocycles. The highest BCUT2D eigenvalue weighted by Gasteiger charge is 2.10. The molecule has 0 saturated carbocycles. The Balaban J connectivity index is 2.84. The van der Waals surface area contributed by atoms with Crippen molar-refractivity contribution in [1.29, 1.82) is 0 Å². The lowest BCUT2D eigenvalue weighted by molar-refractivity contribution is 0.668. The predicted molar refractivity (Wildman–Crippen MR) is 78.4 cm³/mol. The molecule has 0 spiro atoms. The number of aromatic nitrogens is 2. The number of anilines is 1. The Kier molecular flexibility index (Phi) is 7.02. The van der Waals surface area contributed by atoms with Gasteiger partial charge in [-0.2, -0.15) is 0 Å². The van der Waals surface area contributed by atoms with E-state index in [0.29, 0.717) is 5.15 Å². The summed E-state index contributed by atoms with van der Waals surface area (Å²) in [6.45, 7) is 8.57. The first-order chi connectivity index (χ1) is 8.71. The van der Waals surface area contributed by atoms with Crippen LogP contribution in [0.5, 0.6) is 0 Å². The van der Waals surface area contributed by atoms with Crippen LogP contribution in [0, 0.1) is 0 Å². The average Bonchev–Trinajstić information content (AvgIpc) is 2.38. The molecule has 0 bridgehead atoms. The third-order valence-corrected chi connectivity index (χ3v) is 3.12. The van der Waals surface area contributed by atoms with Gasteiger partial charge in [0.15, 0.2) is 0 Å². The molecule has 0 aliphatic heterocycles. The number of hydrogen-bond acceptors (Lipinski definition) is 3. The van der Waals surface area contributed by atoms with Crippen molar-refractivity contribution in [2.75, 3.05) is 18.0 Å². The summed E-state index contributed by atoms with van der Waals surface area (Å²) in [5.41, 5.74) is 0. The van der Waals surface area contributed by atoms with Gasteiger partial charge in [0.1, 0.15) is 16.8 Å². The first kappa shape index (κ1) is 15.2. The Morgan fingerprint density at radius 3 is 2.17 bits per heavy atom. The second kappa shape index (κ2) is 8.30. The lowest BCUT2D eigenvalue weighted by atomic mass is 10.2. The van der Waals surface area contributed by atoms with Gasteiger partial charge in [-0.25, -0.2) is 9.97 Å². The van der Waals surface area contributed by atoms with Crippen LogP contribution in [-0.4, -0.2) is 23.1 Å². The van der Waals surface area contributed by atoms with Crippen molar-refractivity contribution in [1.82, 2.24) is 9.97 Å². The molecule has 0 unspecified atom stereocenters. The average molecular weight is 270 g/mol. The van der Waals surface area contributed by atoms with E-state index < -0.39 is 0 Å². The third-order valence-electron chi connectivity index (χ3n) is 2.93. The van der Waals surface area contributed by atoms with Crippen LogP contribution in [0.3, 0.4) is 0 Å². The third kappa shape index (κ3) is 4.81. The molecular weight excluding hydrogens is 246 g/mol. The second-order valence-corrected chi connectivity index (χ2v) is 4.90. The Morgan fingerprint density at radius 2 is 1.67 bits per heavy atom. The van der Waals surface area contributed by atoms with Gasteiger partial charge in [-0.3, -0.25) is 0 Å². The molecule has 102 valence electrons. The zero-order valence-electron chi connectivity index (χ0n) is 11.7. The molecule has 0 aliphatic carbocycles. The summed E-state index contributed by atoms with van der Waals surface area (Å²) in [5, 5.41) is 0.551. The maximum atomic E-state index is 6.06. The summed E-state index contributed by atoms with van der Waals surface area (Å²) >= 11 is 6.06. The highest BCUT2D eigenvalue weighted by molar-refractivity contribution is 6.29. The summed E-state index contributed by atoms with van der Waals surface area (Å²) in [6.07, 6.45) is 5.59. The summed E-state index contributed by atoms with van der Waals surface area (Å²) < 4.78 is 0. The van der Waals surface area contributed by atoms with E-state index in [4.69, 9.17) is 11.6 Å². The van der Waals surface area contributed by atoms with Gasteiger partial charge in [-0.05, 0) is 12.8 Å². The maximum absolute atomic E-state index is 6.06. The minimum atomic E-state index is 0.551. The maximum Gasteiger partial charge on any atom is 0.134 e. The van der Waals surface area contributed by atoms with Gasteiger partial charge in [0.05, 0.1) is 0 Å². The fourth-order valence-electron chi connectivity index (χ4n) is 1.81. The van der Waals surface area contributed by atoms with Crippen molar-refractivity contribution in [3.05, 3.63) is 17.0 Å². The normalized spacial score (nSPS) is 10.7. The second-order valence-electron chi connectivity index (χ2n) is 4.51. The first-order valence-electron chi connectivity index (χ1n) is 6.99. The van der Waals surface area contributed by atoms with Crippen LogP contribution >= 0.6 is 11.6 Å². The van der Waals surface area contributed by atoms with Crippen LogP contribution in [-0.2, 0) is 6.42 Å². The number of rotatable bonds is 8.